The third-order valence-electron chi connectivity index (χ3n) is 3.27. The minimum Gasteiger partial charge on any atom is -0.508 e. The predicted octanol–water partition coefficient (Wildman–Crippen LogP) is 1.90. The zero-order valence-corrected chi connectivity index (χ0v) is 11.2. The van der Waals surface area contributed by atoms with Gasteiger partial charge in [0.1, 0.15) is 5.75 Å². The third kappa shape index (κ3) is 3.60. The highest BCUT2D eigenvalue weighted by molar-refractivity contribution is 5.92. The first-order valence-corrected chi connectivity index (χ1v) is 6.38. The molecule has 0 saturated heterocycles. The van der Waals surface area contributed by atoms with Crippen molar-refractivity contribution in [1.82, 2.24) is 0 Å². The number of aromatic hydroxyl groups is 1. The van der Waals surface area contributed by atoms with Gasteiger partial charge in [-0.1, -0.05) is 24.3 Å². The van der Waals surface area contributed by atoms with E-state index in [-0.39, 0.29) is 5.75 Å². The maximum absolute atomic E-state index is 11.4. The molecule has 0 saturated carbocycles. The first kappa shape index (κ1) is 14.6. The van der Waals surface area contributed by atoms with E-state index in [1.54, 1.807) is 24.3 Å². The van der Waals surface area contributed by atoms with Crippen LogP contribution in [-0.4, -0.2) is 22.1 Å². The number of phenolic OH excluding ortho intramolecular Hbond substituents is 1. The highest BCUT2D eigenvalue weighted by Gasteiger charge is 2.20. The van der Waals surface area contributed by atoms with Crippen molar-refractivity contribution in [2.45, 2.75) is 12.3 Å². The molecule has 5 nitrogen and oxygen atoms in total. The topological polar surface area (TPSA) is 101 Å². The number of carbonyl (C=O) groups excluding carboxylic acids is 1. The molecule has 1 atom stereocenters. The van der Waals surface area contributed by atoms with Gasteiger partial charge in [0.05, 0.1) is 5.92 Å². The first-order chi connectivity index (χ1) is 9.97. The minimum absolute atomic E-state index is 0.136. The number of hydrogen-bond donors (Lipinski definition) is 3. The Morgan fingerprint density at radius 2 is 1.57 bits per heavy atom. The van der Waals surface area contributed by atoms with Crippen LogP contribution in [0.4, 0.5) is 0 Å². The summed E-state index contributed by atoms with van der Waals surface area (Å²) >= 11 is 0. The van der Waals surface area contributed by atoms with Gasteiger partial charge < -0.3 is 15.9 Å². The maximum Gasteiger partial charge on any atom is 0.311 e. The lowest BCUT2D eigenvalue weighted by molar-refractivity contribution is -0.138. The van der Waals surface area contributed by atoms with Crippen molar-refractivity contribution in [2.24, 2.45) is 5.73 Å². The van der Waals surface area contributed by atoms with Gasteiger partial charge >= 0.3 is 5.97 Å². The molecule has 1 amide bonds. The van der Waals surface area contributed by atoms with Gasteiger partial charge in [0.25, 0.3) is 0 Å². The fourth-order valence-corrected chi connectivity index (χ4v) is 2.10. The van der Waals surface area contributed by atoms with Crippen LogP contribution in [0.2, 0.25) is 0 Å². The van der Waals surface area contributed by atoms with E-state index in [0.29, 0.717) is 17.5 Å². The molecule has 2 rings (SSSR count). The number of carboxylic acids is 1. The fraction of sp³-hybridized carbons (Fsp3) is 0.125. The Balaban J connectivity index is 2.24. The lowest BCUT2D eigenvalue weighted by Crippen LogP contribution is -2.15. The van der Waals surface area contributed by atoms with Crippen LogP contribution < -0.4 is 5.73 Å². The molecule has 2 aromatic rings. The lowest BCUT2D eigenvalue weighted by Gasteiger charge is -2.13. The number of amides is 1. The molecule has 0 aliphatic carbocycles. The smallest absolute Gasteiger partial charge is 0.311 e. The minimum atomic E-state index is -0.949. The molecule has 0 aliphatic rings. The Morgan fingerprint density at radius 1 is 1.00 bits per heavy atom. The van der Waals surface area contributed by atoms with Crippen LogP contribution in [0.1, 0.15) is 27.4 Å². The standard InChI is InChI=1S/C16H15NO4/c17-15(19)12-5-3-11(4-6-12)14(16(20)21)9-10-1-7-13(18)8-2-10/h1-8,14,18H,9H2,(H2,17,19)(H,20,21)/t14-/m0/s1. The van der Waals surface area contributed by atoms with Crippen LogP contribution in [0.25, 0.3) is 0 Å². The highest BCUT2D eigenvalue weighted by Crippen LogP contribution is 2.23. The average Bonchev–Trinajstić information content (AvgIpc) is 2.46. The second-order valence-electron chi connectivity index (χ2n) is 4.75. The molecule has 4 N–H and O–H groups in total. The van der Waals surface area contributed by atoms with E-state index < -0.39 is 17.8 Å². The number of carbonyl (C=O) groups is 2. The van der Waals surface area contributed by atoms with Crippen LogP contribution >= 0.6 is 0 Å². The van der Waals surface area contributed by atoms with E-state index >= 15 is 0 Å². The molecule has 0 bridgehead atoms. The normalized spacial score (nSPS) is 11.8. The van der Waals surface area contributed by atoms with E-state index in [0.717, 1.165) is 5.56 Å². The zero-order valence-electron chi connectivity index (χ0n) is 11.2. The number of primary amides is 1. The Labute approximate surface area is 121 Å². The molecule has 2 aromatic carbocycles. The lowest BCUT2D eigenvalue weighted by atomic mass is 9.91. The predicted molar refractivity (Wildman–Crippen MR) is 77.1 cm³/mol. The summed E-state index contributed by atoms with van der Waals surface area (Å²) < 4.78 is 0. The molecule has 0 radical (unpaired) electrons. The number of rotatable bonds is 5. The van der Waals surface area contributed by atoms with Gasteiger partial charge in [0, 0.05) is 5.56 Å². The quantitative estimate of drug-likeness (QED) is 0.781. The maximum atomic E-state index is 11.4. The summed E-state index contributed by atoms with van der Waals surface area (Å²) in [7, 11) is 0. The molecule has 0 unspecified atom stereocenters. The van der Waals surface area contributed by atoms with Crippen molar-refractivity contribution in [3.63, 3.8) is 0 Å². The number of phenols is 1. The van der Waals surface area contributed by atoms with Crippen LogP contribution in [0, 0.1) is 0 Å². The van der Waals surface area contributed by atoms with Gasteiger partial charge in [0.2, 0.25) is 5.91 Å². The highest BCUT2D eigenvalue weighted by atomic mass is 16.4. The van der Waals surface area contributed by atoms with E-state index in [1.165, 1.54) is 24.3 Å². The van der Waals surface area contributed by atoms with Crippen LogP contribution in [0.5, 0.6) is 5.75 Å². The van der Waals surface area contributed by atoms with E-state index in [4.69, 9.17) is 5.73 Å². The van der Waals surface area contributed by atoms with Gasteiger partial charge in [-0.3, -0.25) is 9.59 Å². The SMILES string of the molecule is NC(=O)c1ccc([C@H](Cc2ccc(O)cc2)C(=O)O)cc1. The van der Waals surface area contributed by atoms with Gasteiger partial charge in [-0.25, -0.2) is 0 Å². The van der Waals surface area contributed by atoms with Crippen LogP contribution in [0.15, 0.2) is 48.5 Å². The number of nitrogens with two attached hydrogens (primary N) is 1. The average molecular weight is 285 g/mol. The summed E-state index contributed by atoms with van der Waals surface area (Å²) in [6.07, 6.45) is 0.297. The monoisotopic (exact) mass is 285 g/mol. The van der Waals surface area contributed by atoms with Crippen molar-refractivity contribution in [1.29, 1.82) is 0 Å². The van der Waals surface area contributed by atoms with Gasteiger partial charge in [-0.05, 0) is 41.8 Å². The summed E-state index contributed by atoms with van der Waals surface area (Å²) in [4.78, 5) is 22.5. The Bertz CT molecular complexity index is 647. The molecule has 0 aliphatic heterocycles. The van der Waals surface area contributed by atoms with Gasteiger partial charge in [-0.15, -0.1) is 0 Å². The second-order valence-corrected chi connectivity index (χ2v) is 4.75. The molecule has 5 heteroatoms. The summed E-state index contributed by atoms with van der Waals surface area (Å²) in [6.45, 7) is 0. The Morgan fingerprint density at radius 3 is 2.05 bits per heavy atom. The first-order valence-electron chi connectivity index (χ1n) is 6.38. The second kappa shape index (κ2) is 6.09. The van der Waals surface area contributed by atoms with Crippen molar-refractivity contribution in [3.05, 3.63) is 65.2 Å². The molecule has 0 aromatic heterocycles. The number of benzene rings is 2. The zero-order chi connectivity index (χ0) is 15.4. The summed E-state index contributed by atoms with van der Waals surface area (Å²) in [5.41, 5.74) is 6.90. The van der Waals surface area contributed by atoms with Gasteiger partial charge in [-0.2, -0.15) is 0 Å². The Kier molecular flexibility index (Phi) is 4.23. The molecule has 0 fully saturated rings. The number of carboxylic acid groups (broad SMARTS) is 1. The van der Waals surface area contributed by atoms with Crippen molar-refractivity contribution in [2.75, 3.05) is 0 Å². The van der Waals surface area contributed by atoms with E-state index in [2.05, 4.69) is 0 Å². The summed E-state index contributed by atoms with van der Waals surface area (Å²) in [5, 5.41) is 18.6. The molecule has 0 spiro atoms. The number of aliphatic carboxylic acids is 1. The largest absolute Gasteiger partial charge is 0.508 e. The fourth-order valence-electron chi connectivity index (χ4n) is 2.10. The summed E-state index contributed by atoms with van der Waals surface area (Å²) in [5.74, 6) is -2.09. The van der Waals surface area contributed by atoms with Gasteiger partial charge in [0.15, 0.2) is 0 Å². The molecular formula is C16H15NO4. The van der Waals surface area contributed by atoms with E-state index in [9.17, 15) is 19.8 Å². The van der Waals surface area contributed by atoms with Crippen LogP contribution in [0.3, 0.4) is 0 Å². The third-order valence-corrected chi connectivity index (χ3v) is 3.27. The molecule has 0 heterocycles. The summed E-state index contributed by atoms with van der Waals surface area (Å²) in [6, 6.07) is 12.6. The van der Waals surface area contributed by atoms with Crippen LogP contribution in [-0.2, 0) is 11.2 Å². The molecule has 21 heavy (non-hydrogen) atoms. The molecule has 108 valence electrons. The Hall–Kier alpha value is -2.82. The van der Waals surface area contributed by atoms with Crippen molar-refractivity contribution < 1.29 is 19.8 Å². The van der Waals surface area contributed by atoms with E-state index in [1.807, 2.05) is 0 Å². The van der Waals surface area contributed by atoms with Crippen molar-refractivity contribution in [3.8, 4) is 5.75 Å². The molecular weight excluding hydrogens is 270 g/mol. The van der Waals surface area contributed by atoms with Crippen molar-refractivity contribution >= 4 is 11.9 Å². The number of hydrogen-bond acceptors (Lipinski definition) is 3.